The van der Waals surface area contributed by atoms with Crippen LogP contribution in [0.2, 0.25) is 0 Å². The average Bonchev–Trinajstić information content (AvgIpc) is 2.29. The minimum absolute atomic E-state index is 0.537. The third-order valence-corrected chi connectivity index (χ3v) is 3.38. The van der Waals surface area contributed by atoms with Gasteiger partial charge in [-0.05, 0) is 42.9 Å². The molecule has 0 spiro atoms. The summed E-state index contributed by atoms with van der Waals surface area (Å²) in [4.78, 5) is 2.29. The highest BCUT2D eigenvalue weighted by atomic mass is 79.9. The summed E-state index contributed by atoms with van der Waals surface area (Å²) < 4.78 is 0.888. The van der Waals surface area contributed by atoms with Gasteiger partial charge in [0, 0.05) is 23.2 Å². The lowest BCUT2D eigenvalue weighted by atomic mass is 9.80. The smallest absolute Gasteiger partial charge is 0.423 e. The number of benzene rings is 1. The Labute approximate surface area is 104 Å². The second-order valence-corrected chi connectivity index (χ2v) is 5.08. The fourth-order valence-corrected chi connectivity index (χ4v) is 2.58. The summed E-state index contributed by atoms with van der Waals surface area (Å²) in [7, 11) is -1.40. The Balaban J connectivity index is 2.25. The molecule has 5 heteroatoms. The van der Waals surface area contributed by atoms with E-state index in [1.165, 1.54) is 19.3 Å². The lowest BCUT2D eigenvalue weighted by Gasteiger charge is -2.29. The molecule has 2 N–H and O–H groups in total. The number of anilines is 1. The van der Waals surface area contributed by atoms with Crippen LogP contribution in [0.5, 0.6) is 0 Å². The van der Waals surface area contributed by atoms with Crippen molar-refractivity contribution in [1.82, 2.24) is 0 Å². The molecule has 16 heavy (non-hydrogen) atoms. The van der Waals surface area contributed by atoms with Gasteiger partial charge in [0.25, 0.3) is 0 Å². The van der Waals surface area contributed by atoms with E-state index in [9.17, 15) is 10.0 Å². The number of nitrogens with zero attached hydrogens (tertiary/aromatic N) is 1. The van der Waals surface area contributed by atoms with Gasteiger partial charge in [0.2, 0.25) is 0 Å². The lowest BCUT2D eigenvalue weighted by Crippen LogP contribution is -2.33. The molecule has 0 amide bonds. The molecule has 1 saturated heterocycles. The van der Waals surface area contributed by atoms with E-state index in [1.807, 2.05) is 12.1 Å². The molecule has 0 aliphatic carbocycles. The van der Waals surface area contributed by atoms with Gasteiger partial charge in [-0.3, -0.25) is 0 Å². The first-order valence-corrected chi connectivity index (χ1v) is 6.38. The molecule has 0 radical (unpaired) electrons. The zero-order chi connectivity index (χ0) is 11.5. The Hall–Kier alpha value is -0.515. The van der Waals surface area contributed by atoms with Crippen LogP contribution in [0.4, 0.5) is 5.69 Å². The number of piperidine rings is 1. The monoisotopic (exact) mass is 283 g/mol. The van der Waals surface area contributed by atoms with Gasteiger partial charge in [-0.1, -0.05) is 15.9 Å². The Morgan fingerprint density at radius 3 is 2.38 bits per heavy atom. The van der Waals surface area contributed by atoms with Crippen LogP contribution < -0.4 is 10.4 Å². The van der Waals surface area contributed by atoms with Gasteiger partial charge in [-0.15, -0.1) is 0 Å². The topological polar surface area (TPSA) is 43.7 Å². The van der Waals surface area contributed by atoms with Crippen molar-refractivity contribution in [3.63, 3.8) is 0 Å². The van der Waals surface area contributed by atoms with Gasteiger partial charge in [-0.2, -0.15) is 0 Å². The second-order valence-electron chi connectivity index (χ2n) is 4.16. The fraction of sp³-hybridized carbons (Fsp3) is 0.455. The molecule has 1 fully saturated rings. The molecule has 2 rings (SSSR count). The Kier molecular flexibility index (Phi) is 3.89. The molecule has 1 aliphatic rings. The van der Waals surface area contributed by atoms with Crippen molar-refractivity contribution in [2.75, 3.05) is 18.0 Å². The van der Waals surface area contributed by atoms with Gasteiger partial charge in [-0.25, -0.2) is 0 Å². The predicted octanol–water partition coefficient (Wildman–Crippen LogP) is 1.12. The van der Waals surface area contributed by atoms with Crippen LogP contribution in [-0.2, 0) is 0 Å². The van der Waals surface area contributed by atoms with Gasteiger partial charge in [0.1, 0.15) is 0 Å². The summed E-state index contributed by atoms with van der Waals surface area (Å²) >= 11 is 3.40. The maximum Gasteiger partial charge on any atom is 0.488 e. The molecule has 1 aromatic carbocycles. The van der Waals surface area contributed by atoms with Crippen LogP contribution >= 0.6 is 15.9 Å². The molecule has 86 valence electrons. The van der Waals surface area contributed by atoms with Crippen molar-refractivity contribution >= 4 is 34.2 Å². The standard InChI is InChI=1S/C11H15BBrNO2/c13-10-6-9(12(15)16)7-11(8-10)14-4-2-1-3-5-14/h6-8,15-16H,1-5H2. The van der Waals surface area contributed by atoms with E-state index < -0.39 is 7.12 Å². The van der Waals surface area contributed by atoms with Crippen LogP contribution in [0, 0.1) is 0 Å². The third kappa shape index (κ3) is 2.78. The number of hydrogen-bond donors (Lipinski definition) is 2. The third-order valence-electron chi connectivity index (χ3n) is 2.92. The minimum atomic E-state index is -1.40. The number of halogens is 1. The highest BCUT2D eigenvalue weighted by molar-refractivity contribution is 9.10. The highest BCUT2D eigenvalue weighted by Crippen LogP contribution is 2.22. The summed E-state index contributed by atoms with van der Waals surface area (Å²) in [6.07, 6.45) is 3.72. The SMILES string of the molecule is OB(O)c1cc(Br)cc(N2CCCCC2)c1. The van der Waals surface area contributed by atoms with Crippen LogP contribution in [0.25, 0.3) is 0 Å². The highest BCUT2D eigenvalue weighted by Gasteiger charge is 2.16. The molecular weight excluding hydrogens is 269 g/mol. The van der Waals surface area contributed by atoms with Crippen LogP contribution in [0.15, 0.2) is 22.7 Å². The van der Waals surface area contributed by atoms with Gasteiger partial charge in [0.15, 0.2) is 0 Å². The van der Waals surface area contributed by atoms with Crippen molar-refractivity contribution in [2.45, 2.75) is 19.3 Å². The van der Waals surface area contributed by atoms with Crippen LogP contribution in [0.1, 0.15) is 19.3 Å². The largest absolute Gasteiger partial charge is 0.488 e. The Morgan fingerprint density at radius 1 is 1.06 bits per heavy atom. The van der Waals surface area contributed by atoms with Crippen molar-refractivity contribution in [1.29, 1.82) is 0 Å². The van der Waals surface area contributed by atoms with E-state index in [-0.39, 0.29) is 0 Å². The Morgan fingerprint density at radius 2 is 1.75 bits per heavy atom. The first kappa shape index (κ1) is 12.0. The van der Waals surface area contributed by atoms with Gasteiger partial charge < -0.3 is 14.9 Å². The van der Waals surface area contributed by atoms with Crippen molar-refractivity contribution < 1.29 is 10.0 Å². The summed E-state index contributed by atoms with van der Waals surface area (Å²) in [6.45, 7) is 2.11. The fourth-order valence-electron chi connectivity index (χ4n) is 2.08. The van der Waals surface area contributed by atoms with E-state index >= 15 is 0 Å². The van der Waals surface area contributed by atoms with E-state index in [1.54, 1.807) is 6.07 Å². The molecule has 1 aromatic rings. The molecule has 1 aliphatic heterocycles. The van der Waals surface area contributed by atoms with E-state index in [0.717, 1.165) is 23.2 Å². The van der Waals surface area contributed by atoms with Crippen LogP contribution in [-0.4, -0.2) is 30.3 Å². The average molecular weight is 284 g/mol. The zero-order valence-corrected chi connectivity index (χ0v) is 10.7. The lowest BCUT2D eigenvalue weighted by molar-refractivity contribution is 0.425. The second kappa shape index (κ2) is 5.21. The summed E-state index contributed by atoms with van der Waals surface area (Å²) in [5, 5.41) is 18.4. The maximum atomic E-state index is 9.19. The summed E-state index contributed by atoms with van der Waals surface area (Å²) in [5.41, 5.74) is 1.60. The molecule has 0 atom stereocenters. The van der Waals surface area contributed by atoms with Gasteiger partial charge in [0.05, 0.1) is 0 Å². The van der Waals surface area contributed by atoms with E-state index in [4.69, 9.17) is 0 Å². The van der Waals surface area contributed by atoms with E-state index in [2.05, 4.69) is 20.8 Å². The quantitative estimate of drug-likeness (QED) is 0.800. The van der Waals surface area contributed by atoms with E-state index in [0.29, 0.717) is 5.46 Å². The Bertz CT molecular complexity index is 367. The molecule has 0 saturated carbocycles. The number of rotatable bonds is 2. The van der Waals surface area contributed by atoms with Gasteiger partial charge >= 0.3 is 7.12 Å². The molecule has 0 unspecified atom stereocenters. The predicted molar refractivity (Wildman–Crippen MR) is 70.0 cm³/mol. The molecule has 0 bridgehead atoms. The van der Waals surface area contributed by atoms with Crippen molar-refractivity contribution in [3.8, 4) is 0 Å². The molecule has 3 nitrogen and oxygen atoms in total. The minimum Gasteiger partial charge on any atom is -0.423 e. The van der Waals surface area contributed by atoms with Crippen LogP contribution in [0.3, 0.4) is 0 Å². The first-order chi connectivity index (χ1) is 7.66. The zero-order valence-electron chi connectivity index (χ0n) is 9.06. The van der Waals surface area contributed by atoms with Crippen molar-refractivity contribution in [2.24, 2.45) is 0 Å². The summed E-state index contributed by atoms with van der Waals surface area (Å²) in [6, 6.07) is 5.61. The molecule has 0 aromatic heterocycles. The normalized spacial score (nSPS) is 16.3. The molecule has 1 heterocycles. The maximum absolute atomic E-state index is 9.19. The summed E-state index contributed by atoms with van der Waals surface area (Å²) in [5.74, 6) is 0. The number of hydrogen-bond acceptors (Lipinski definition) is 3. The first-order valence-electron chi connectivity index (χ1n) is 5.58. The molecular formula is C11H15BBrNO2. The van der Waals surface area contributed by atoms with Crippen molar-refractivity contribution in [3.05, 3.63) is 22.7 Å².